The molecule has 6 N–H and O–H groups in total. The van der Waals surface area contributed by atoms with Crippen LogP contribution in [0.15, 0.2) is 0 Å². The fourth-order valence-electron chi connectivity index (χ4n) is 3.60. The van der Waals surface area contributed by atoms with Gasteiger partial charge in [-0.15, -0.1) is 0 Å². The number of hydrogen-bond acceptors (Lipinski definition) is 8. The second-order valence-corrected chi connectivity index (χ2v) is 8.22. The van der Waals surface area contributed by atoms with E-state index in [2.05, 4.69) is 17.6 Å². The zero-order valence-corrected chi connectivity index (χ0v) is 19.2. The van der Waals surface area contributed by atoms with E-state index >= 15 is 0 Å². The van der Waals surface area contributed by atoms with Crippen molar-refractivity contribution in [2.45, 2.75) is 102 Å². The predicted octanol–water partition coefficient (Wildman–Crippen LogP) is -0.0438. The molecule has 10 heteroatoms. The Morgan fingerprint density at radius 3 is 2.22 bits per heavy atom. The lowest BCUT2D eigenvalue weighted by molar-refractivity contribution is -0.271. The molecule has 0 bridgehead atoms. The van der Waals surface area contributed by atoms with Crippen LogP contribution >= 0.6 is 0 Å². The number of amides is 2. The van der Waals surface area contributed by atoms with E-state index in [0.717, 1.165) is 25.7 Å². The van der Waals surface area contributed by atoms with Crippen molar-refractivity contribution in [3.8, 4) is 0 Å². The normalized spacial score (nSPS) is 25.5. The number of carbonyl (C=O) groups is 2. The Morgan fingerprint density at radius 2 is 1.56 bits per heavy atom. The first-order valence-corrected chi connectivity index (χ1v) is 11.9. The maximum Gasteiger partial charge on any atom is 0.220 e. The summed E-state index contributed by atoms with van der Waals surface area (Å²) >= 11 is 0. The van der Waals surface area contributed by atoms with Crippen LogP contribution in [0.2, 0.25) is 0 Å². The van der Waals surface area contributed by atoms with Gasteiger partial charge in [0.2, 0.25) is 11.8 Å². The lowest BCUT2D eigenvalue weighted by Gasteiger charge is -2.42. The quantitative estimate of drug-likeness (QED) is 0.164. The number of aliphatic hydroxyl groups is 4. The average Bonchev–Trinajstić information content (AvgIpc) is 2.78. The SMILES string of the molecule is CCCCCCCC(=O)NCCCCCC(=O)N[C@@H]1[C@@H](OCCO)O[C@H](CO)[C@@H](O)[C@@H]1O. The van der Waals surface area contributed by atoms with Crippen LogP contribution in [0.3, 0.4) is 0 Å². The molecule has 0 saturated carbocycles. The summed E-state index contributed by atoms with van der Waals surface area (Å²) in [5, 5.41) is 44.1. The first-order valence-electron chi connectivity index (χ1n) is 11.9. The highest BCUT2D eigenvalue weighted by Crippen LogP contribution is 2.22. The summed E-state index contributed by atoms with van der Waals surface area (Å²) in [6.07, 6.45) is 3.55. The molecule has 10 nitrogen and oxygen atoms in total. The molecule has 0 aromatic heterocycles. The van der Waals surface area contributed by atoms with Gasteiger partial charge in [-0.1, -0.05) is 39.0 Å². The lowest BCUT2D eigenvalue weighted by Crippen LogP contribution is -2.64. The third-order valence-corrected chi connectivity index (χ3v) is 5.49. The summed E-state index contributed by atoms with van der Waals surface area (Å²) in [4.78, 5) is 24.1. The highest BCUT2D eigenvalue weighted by Gasteiger charge is 2.45. The van der Waals surface area contributed by atoms with E-state index in [1.54, 1.807) is 0 Å². The van der Waals surface area contributed by atoms with E-state index in [4.69, 9.17) is 14.6 Å². The van der Waals surface area contributed by atoms with Gasteiger partial charge in [0.25, 0.3) is 0 Å². The molecule has 0 spiro atoms. The molecule has 2 amide bonds. The molecule has 1 fully saturated rings. The molecule has 0 aliphatic carbocycles. The second-order valence-electron chi connectivity index (χ2n) is 8.22. The van der Waals surface area contributed by atoms with Gasteiger partial charge in [0.1, 0.15) is 24.4 Å². The Morgan fingerprint density at radius 1 is 0.906 bits per heavy atom. The van der Waals surface area contributed by atoms with Crippen molar-refractivity contribution in [1.82, 2.24) is 10.6 Å². The Bertz CT molecular complexity index is 522. The number of hydrogen-bond donors (Lipinski definition) is 6. The smallest absolute Gasteiger partial charge is 0.220 e. The molecular formula is C22H42N2O8. The molecule has 1 saturated heterocycles. The number of unbranched alkanes of at least 4 members (excludes halogenated alkanes) is 6. The highest BCUT2D eigenvalue weighted by molar-refractivity contribution is 5.76. The topological polar surface area (TPSA) is 158 Å². The van der Waals surface area contributed by atoms with Gasteiger partial charge in [0, 0.05) is 19.4 Å². The molecule has 0 aromatic rings. The summed E-state index contributed by atoms with van der Waals surface area (Å²) in [5.41, 5.74) is 0. The molecule has 1 aliphatic heterocycles. The highest BCUT2D eigenvalue weighted by atomic mass is 16.7. The molecule has 188 valence electrons. The van der Waals surface area contributed by atoms with Crippen LogP contribution in [0.5, 0.6) is 0 Å². The van der Waals surface area contributed by atoms with Crippen LogP contribution in [0.1, 0.15) is 71.1 Å². The van der Waals surface area contributed by atoms with Gasteiger partial charge in [-0.3, -0.25) is 9.59 Å². The lowest BCUT2D eigenvalue weighted by atomic mass is 9.96. The molecule has 0 aromatic carbocycles. The fourth-order valence-corrected chi connectivity index (χ4v) is 3.60. The number of ether oxygens (including phenoxy) is 2. The third-order valence-electron chi connectivity index (χ3n) is 5.49. The Labute approximate surface area is 190 Å². The van der Waals surface area contributed by atoms with Crippen molar-refractivity contribution in [2.75, 3.05) is 26.4 Å². The maximum atomic E-state index is 12.3. The van der Waals surface area contributed by atoms with Crippen LogP contribution in [0.25, 0.3) is 0 Å². The van der Waals surface area contributed by atoms with Gasteiger partial charge in [0.15, 0.2) is 6.29 Å². The standard InChI is InChI=1S/C22H42N2O8/c1-2-3-4-5-7-10-17(27)23-12-9-6-8-11-18(28)24-19-21(30)20(29)16(15-26)32-22(19)31-14-13-25/h16,19-22,25-26,29-30H,2-15H2,1H3,(H,23,27)(H,24,28)/t16-,19+,20-,21-,22+/m1/s1. The van der Waals surface area contributed by atoms with E-state index in [-0.39, 0.29) is 31.4 Å². The van der Waals surface area contributed by atoms with Crippen molar-refractivity contribution in [3.05, 3.63) is 0 Å². The molecule has 1 rings (SSSR count). The first kappa shape index (κ1) is 28.7. The Kier molecular flexibility index (Phi) is 15.5. The zero-order chi connectivity index (χ0) is 23.8. The van der Waals surface area contributed by atoms with E-state index < -0.39 is 37.3 Å². The summed E-state index contributed by atoms with van der Waals surface area (Å²) in [6.45, 7) is 1.86. The number of aliphatic hydroxyl groups excluding tert-OH is 4. The molecular weight excluding hydrogens is 420 g/mol. The van der Waals surface area contributed by atoms with Crippen molar-refractivity contribution in [1.29, 1.82) is 0 Å². The Hall–Kier alpha value is -1.30. The summed E-state index contributed by atoms with van der Waals surface area (Å²) in [7, 11) is 0. The van der Waals surface area contributed by atoms with E-state index in [1.165, 1.54) is 19.3 Å². The fraction of sp³-hybridized carbons (Fsp3) is 0.909. The van der Waals surface area contributed by atoms with Crippen molar-refractivity contribution in [3.63, 3.8) is 0 Å². The van der Waals surface area contributed by atoms with Gasteiger partial charge in [-0.05, 0) is 19.3 Å². The van der Waals surface area contributed by atoms with Crippen LogP contribution in [0.4, 0.5) is 0 Å². The minimum absolute atomic E-state index is 0.0687. The van der Waals surface area contributed by atoms with Gasteiger partial charge < -0.3 is 40.5 Å². The van der Waals surface area contributed by atoms with Crippen LogP contribution in [-0.4, -0.2) is 89.2 Å². The number of nitrogens with one attached hydrogen (secondary N) is 2. The van der Waals surface area contributed by atoms with Crippen LogP contribution in [-0.2, 0) is 19.1 Å². The minimum atomic E-state index is -1.38. The van der Waals surface area contributed by atoms with E-state index in [0.29, 0.717) is 19.4 Å². The van der Waals surface area contributed by atoms with Crippen molar-refractivity contribution in [2.24, 2.45) is 0 Å². The predicted molar refractivity (Wildman–Crippen MR) is 118 cm³/mol. The molecule has 0 radical (unpaired) electrons. The molecule has 0 unspecified atom stereocenters. The summed E-state index contributed by atoms with van der Waals surface area (Å²) < 4.78 is 10.7. The van der Waals surface area contributed by atoms with Gasteiger partial charge in [-0.25, -0.2) is 0 Å². The number of rotatable bonds is 17. The molecule has 1 aliphatic rings. The number of carbonyl (C=O) groups excluding carboxylic acids is 2. The van der Waals surface area contributed by atoms with Crippen LogP contribution < -0.4 is 10.6 Å². The third kappa shape index (κ3) is 11.0. The molecule has 5 atom stereocenters. The molecule has 32 heavy (non-hydrogen) atoms. The van der Waals surface area contributed by atoms with Crippen LogP contribution in [0, 0.1) is 0 Å². The summed E-state index contributed by atoms with van der Waals surface area (Å²) in [6, 6.07) is -1.02. The first-order chi connectivity index (χ1) is 15.4. The van der Waals surface area contributed by atoms with Crippen molar-refractivity contribution >= 4 is 11.8 Å². The minimum Gasteiger partial charge on any atom is -0.394 e. The van der Waals surface area contributed by atoms with Gasteiger partial charge in [0.05, 0.1) is 19.8 Å². The van der Waals surface area contributed by atoms with Gasteiger partial charge in [-0.2, -0.15) is 0 Å². The van der Waals surface area contributed by atoms with E-state index in [9.17, 15) is 24.9 Å². The molecule has 1 heterocycles. The zero-order valence-electron chi connectivity index (χ0n) is 19.2. The maximum absolute atomic E-state index is 12.3. The average molecular weight is 463 g/mol. The monoisotopic (exact) mass is 462 g/mol. The summed E-state index contributed by atoms with van der Waals surface area (Å²) in [5.74, 6) is -0.264. The van der Waals surface area contributed by atoms with E-state index in [1.807, 2.05) is 0 Å². The van der Waals surface area contributed by atoms with Gasteiger partial charge >= 0.3 is 0 Å². The largest absolute Gasteiger partial charge is 0.394 e. The second kappa shape index (κ2) is 17.2. The Balaban J connectivity index is 2.24. The van der Waals surface area contributed by atoms with Crippen molar-refractivity contribution < 1.29 is 39.5 Å².